The van der Waals surface area contributed by atoms with Crippen LogP contribution in [0.1, 0.15) is 0 Å². The van der Waals surface area contributed by atoms with Gasteiger partial charge in [0.2, 0.25) is 0 Å². The highest BCUT2D eigenvalue weighted by atomic mass is 15.0. The first kappa shape index (κ1) is 10.2. The van der Waals surface area contributed by atoms with Gasteiger partial charge < -0.3 is 16.0 Å². The maximum Gasteiger partial charge on any atom is 0.0454 e. The quantitative estimate of drug-likeness (QED) is 0.288. The number of rotatable bonds is 6. The lowest BCUT2D eigenvalue weighted by Crippen LogP contribution is -2.27. The number of hydrogen-bond acceptors (Lipinski definition) is 3. The van der Waals surface area contributed by atoms with E-state index < -0.39 is 0 Å². The van der Waals surface area contributed by atoms with Gasteiger partial charge in [0.05, 0.1) is 0 Å². The molecule has 0 amide bonds. The minimum absolute atomic E-state index is 0.814. The van der Waals surface area contributed by atoms with E-state index in [1.807, 2.05) is 26.4 Å². The summed E-state index contributed by atoms with van der Waals surface area (Å²) in [6.45, 7) is 5.34. The Kier molecular flexibility index (Phi) is 6.78. The van der Waals surface area contributed by atoms with Crippen LogP contribution in [-0.2, 0) is 0 Å². The molecular weight excluding hydrogens is 138 g/mol. The zero-order valence-corrected chi connectivity index (χ0v) is 7.28. The fourth-order valence-electron chi connectivity index (χ4n) is 0.699. The normalized spacial score (nSPS) is 11.3. The zero-order valence-electron chi connectivity index (χ0n) is 7.28. The Balaban J connectivity index is 3.52. The molecule has 0 aliphatic rings. The van der Waals surface area contributed by atoms with E-state index in [9.17, 15) is 0 Å². The molecule has 0 aliphatic carbocycles. The van der Waals surface area contributed by atoms with Crippen LogP contribution in [0.25, 0.3) is 0 Å². The molecule has 0 spiro atoms. The van der Waals surface area contributed by atoms with Crippen molar-refractivity contribution in [2.75, 3.05) is 27.3 Å². The van der Waals surface area contributed by atoms with E-state index in [2.05, 4.69) is 22.5 Å². The Labute approximate surface area is 68.6 Å². The van der Waals surface area contributed by atoms with Crippen LogP contribution in [0.5, 0.6) is 0 Å². The van der Waals surface area contributed by atoms with Gasteiger partial charge in [-0.3, -0.25) is 0 Å². The van der Waals surface area contributed by atoms with E-state index in [0.29, 0.717) is 0 Å². The summed E-state index contributed by atoms with van der Waals surface area (Å²) in [5.41, 5.74) is 1.16. The van der Waals surface area contributed by atoms with Crippen molar-refractivity contribution in [3.05, 3.63) is 24.4 Å². The van der Waals surface area contributed by atoms with E-state index in [1.165, 1.54) is 0 Å². The average molecular weight is 155 g/mol. The summed E-state index contributed by atoms with van der Waals surface area (Å²) in [5, 5.41) is 9.13. The first-order valence-corrected chi connectivity index (χ1v) is 3.69. The van der Waals surface area contributed by atoms with Crippen LogP contribution in [0, 0.1) is 0 Å². The van der Waals surface area contributed by atoms with Gasteiger partial charge in [-0.2, -0.15) is 0 Å². The summed E-state index contributed by atoms with van der Waals surface area (Å²) in [4.78, 5) is 0. The SMILES string of the molecule is C=C/C(=C\NC)CNCNC. The van der Waals surface area contributed by atoms with Crippen molar-refractivity contribution in [2.45, 2.75) is 0 Å². The first-order chi connectivity index (χ1) is 5.35. The molecule has 0 aliphatic heterocycles. The second-order valence-corrected chi connectivity index (χ2v) is 2.17. The van der Waals surface area contributed by atoms with Crippen LogP contribution in [0.15, 0.2) is 24.4 Å². The van der Waals surface area contributed by atoms with E-state index in [0.717, 1.165) is 18.8 Å². The maximum absolute atomic E-state index is 3.69. The molecule has 0 aromatic carbocycles. The fraction of sp³-hybridized carbons (Fsp3) is 0.500. The van der Waals surface area contributed by atoms with Gasteiger partial charge in [0, 0.05) is 26.5 Å². The van der Waals surface area contributed by atoms with E-state index >= 15 is 0 Å². The highest BCUT2D eigenvalue weighted by Gasteiger charge is 1.87. The fourth-order valence-corrected chi connectivity index (χ4v) is 0.699. The van der Waals surface area contributed by atoms with Crippen LogP contribution in [-0.4, -0.2) is 27.3 Å². The van der Waals surface area contributed by atoms with Crippen molar-refractivity contribution in [1.82, 2.24) is 16.0 Å². The van der Waals surface area contributed by atoms with Crippen LogP contribution in [0.2, 0.25) is 0 Å². The Hall–Kier alpha value is -0.800. The molecule has 0 bridgehead atoms. The van der Waals surface area contributed by atoms with Gasteiger partial charge in [-0.15, -0.1) is 0 Å². The second kappa shape index (κ2) is 7.31. The van der Waals surface area contributed by atoms with Gasteiger partial charge in [0.1, 0.15) is 0 Å². The monoisotopic (exact) mass is 155 g/mol. The molecular formula is C8H17N3. The van der Waals surface area contributed by atoms with E-state index in [4.69, 9.17) is 0 Å². The third-order valence-electron chi connectivity index (χ3n) is 1.22. The van der Waals surface area contributed by atoms with Crippen molar-refractivity contribution in [1.29, 1.82) is 0 Å². The minimum Gasteiger partial charge on any atom is -0.394 e. The summed E-state index contributed by atoms with van der Waals surface area (Å²) in [7, 11) is 3.78. The molecule has 0 rings (SSSR count). The number of hydrogen-bond donors (Lipinski definition) is 3. The summed E-state index contributed by atoms with van der Waals surface area (Å²) < 4.78 is 0. The molecule has 0 heterocycles. The molecule has 3 N–H and O–H groups in total. The van der Waals surface area contributed by atoms with E-state index in [1.54, 1.807) is 0 Å². The molecule has 3 heteroatoms. The van der Waals surface area contributed by atoms with Gasteiger partial charge in [0.15, 0.2) is 0 Å². The van der Waals surface area contributed by atoms with Crippen molar-refractivity contribution in [3.63, 3.8) is 0 Å². The summed E-state index contributed by atoms with van der Waals surface area (Å²) in [6, 6.07) is 0. The van der Waals surface area contributed by atoms with Crippen molar-refractivity contribution >= 4 is 0 Å². The molecule has 0 aromatic rings. The third kappa shape index (κ3) is 5.63. The highest BCUT2D eigenvalue weighted by molar-refractivity contribution is 5.16. The maximum atomic E-state index is 3.69. The van der Waals surface area contributed by atoms with Gasteiger partial charge in [-0.1, -0.05) is 12.7 Å². The topological polar surface area (TPSA) is 36.1 Å². The second-order valence-electron chi connectivity index (χ2n) is 2.17. The molecule has 11 heavy (non-hydrogen) atoms. The summed E-state index contributed by atoms with van der Waals surface area (Å²) >= 11 is 0. The minimum atomic E-state index is 0.814. The zero-order chi connectivity index (χ0) is 8.53. The summed E-state index contributed by atoms with van der Waals surface area (Å²) in [6.07, 6.45) is 3.76. The molecule has 64 valence electrons. The molecule has 0 aromatic heterocycles. The van der Waals surface area contributed by atoms with Gasteiger partial charge >= 0.3 is 0 Å². The molecule has 3 nitrogen and oxygen atoms in total. The highest BCUT2D eigenvalue weighted by Crippen LogP contribution is 1.89. The molecule has 0 radical (unpaired) electrons. The summed E-state index contributed by atoms with van der Waals surface area (Å²) in [5.74, 6) is 0. The van der Waals surface area contributed by atoms with Crippen molar-refractivity contribution < 1.29 is 0 Å². The Bertz CT molecular complexity index is 129. The average Bonchev–Trinajstić information content (AvgIpc) is 2.03. The van der Waals surface area contributed by atoms with Crippen molar-refractivity contribution in [3.8, 4) is 0 Å². The lowest BCUT2D eigenvalue weighted by molar-refractivity contribution is 0.666. The molecule has 0 fully saturated rings. The van der Waals surface area contributed by atoms with E-state index in [-0.39, 0.29) is 0 Å². The first-order valence-electron chi connectivity index (χ1n) is 3.69. The predicted octanol–water partition coefficient (Wildman–Crippen LogP) is 0.0422. The van der Waals surface area contributed by atoms with Gasteiger partial charge in [0.25, 0.3) is 0 Å². The Morgan fingerprint density at radius 2 is 2.18 bits per heavy atom. The van der Waals surface area contributed by atoms with Gasteiger partial charge in [-0.25, -0.2) is 0 Å². The number of nitrogens with one attached hydrogen (secondary N) is 3. The van der Waals surface area contributed by atoms with Crippen LogP contribution in [0.4, 0.5) is 0 Å². The van der Waals surface area contributed by atoms with Crippen LogP contribution < -0.4 is 16.0 Å². The van der Waals surface area contributed by atoms with Crippen LogP contribution in [0.3, 0.4) is 0 Å². The smallest absolute Gasteiger partial charge is 0.0454 e. The molecule has 0 saturated heterocycles. The lowest BCUT2D eigenvalue weighted by Gasteiger charge is -2.03. The third-order valence-corrected chi connectivity index (χ3v) is 1.22. The Morgan fingerprint density at radius 3 is 2.64 bits per heavy atom. The standard InChI is InChI=1S/C8H17N3/c1-4-8(5-9-2)6-11-7-10-3/h4-5,9-11H,1,6-7H2,2-3H3/b8-5+. The largest absolute Gasteiger partial charge is 0.394 e. The molecule has 0 atom stereocenters. The van der Waals surface area contributed by atoms with Crippen LogP contribution >= 0.6 is 0 Å². The Morgan fingerprint density at radius 1 is 1.45 bits per heavy atom. The molecule has 0 unspecified atom stereocenters. The predicted molar refractivity (Wildman–Crippen MR) is 49.3 cm³/mol. The van der Waals surface area contributed by atoms with Gasteiger partial charge in [-0.05, 0) is 12.6 Å². The lowest BCUT2D eigenvalue weighted by atomic mass is 10.3. The van der Waals surface area contributed by atoms with Crippen molar-refractivity contribution in [2.24, 2.45) is 0 Å². The molecule has 0 saturated carbocycles.